The van der Waals surface area contributed by atoms with Gasteiger partial charge in [0.05, 0.1) is 5.69 Å². The molecule has 1 aromatic carbocycles. The Morgan fingerprint density at radius 1 is 1.25 bits per heavy atom. The van der Waals surface area contributed by atoms with E-state index >= 15 is 0 Å². The van der Waals surface area contributed by atoms with Gasteiger partial charge in [0.1, 0.15) is 13.2 Å². The summed E-state index contributed by atoms with van der Waals surface area (Å²) in [6.07, 6.45) is 0. The molecule has 0 saturated carbocycles. The van der Waals surface area contributed by atoms with Gasteiger partial charge in [-0.25, -0.2) is 0 Å². The van der Waals surface area contributed by atoms with E-state index in [4.69, 9.17) is 9.47 Å². The lowest BCUT2D eigenvalue weighted by molar-refractivity contribution is 0.0945. The summed E-state index contributed by atoms with van der Waals surface area (Å²) in [4.78, 5) is 12.3. The summed E-state index contributed by atoms with van der Waals surface area (Å²) in [5, 5.41) is 7.43. The molecule has 1 aliphatic rings. The number of fused-ring (bicyclic) bond motifs is 1. The first-order valence-corrected chi connectivity index (χ1v) is 8.22. The van der Waals surface area contributed by atoms with Crippen LogP contribution >= 0.6 is 0 Å². The molecule has 0 fully saturated rings. The maximum atomic E-state index is 12.3. The van der Waals surface area contributed by atoms with Gasteiger partial charge in [-0.2, -0.15) is 5.10 Å². The summed E-state index contributed by atoms with van der Waals surface area (Å²) >= 11 is 0. The van der Waals surface area contributed by atoms with Gasteiger partial charge >= 0.3 is 0 Å². The van der Waals surface area contributed by atoms with Gasteiger partial charge in [0, 0.05) is 24.3 Å². The standard InChI is InChI=1S/C18H23N3O3/c1-12(11-21-14(3)8-13(2)20-21)10-19-18(22)15-4-5-16-17(9-15)24-7-6-23-16/h4-5,8-9,12H,6-7,10-11H2,1-3H3,(H,19,22)/t12-/m0/s1. The second-order valence-corrected chi connectivity index (χ2v) is 6.28. The second kappa shape index (κ2) is 6.95. The van der Waals surface area contributed by atoms with Crippen LogP contribution in [0.4, 0.5) is 0 Å². The van der Waals surface area contributed by atoms with Gasteiger partial charge in [0.15, 0.2) is 11.5 Å². The first-order valence-electron chi connectivity index (χ1n) is 8.22. The van der Waals surface area contributed by atoms with E-state index in [1.165, 1.54) is 0 Å². The smallest absolute Gasteiger partial charge is 0.251 e. The topological polar surface area (TPSA) is 65.4 Å². The summed E-state index contributed by atoms with van der Waals surface area (Å²) < 4.78 is 13.0. The van der Waals surface area contributed by atoms with E-state index in [1.54, 1.807) is 18.2 Å². The van der Waals surface area contributed by atoms with Gasteiger partial charge in [-0.15, -0.1) is 0 Å². The molecule has 0 radical (unpaired) electrons. The van der Waals surface area contributed by atoms with Gasteiger partial charge in [0.25, 0.3) is 5.91 Å². The number of aryl methyl sites for hydroxylation is 2. The van der Waals surface area contributed by atoms with E-state index in [0.717, 1.165) is 17.9 Å². The molecule has 1 aliphatic heterocycles. The highest BCUT2D eigenvalue weighted by Crippen LogP contribution is 2.30. The third-order valence-electron chi connectivity index (χ3n) is 4.00. The lowest BCUT2D eigenvalue weighted by Crippen LogP contribution is -2.30. The monoisotopic (exact) mass is 329 g/mol. The summed E-state index contributed by atoms with van der Waals surface area (Å²) in [7, 11) is 0. The Labute approximate surface area is 141 Å². The fourth-order valence-electron chi connectivity index (χ4n) is 2.77. The van der Waals surface area contributed by atoms with Crippen molar-refractivity contribution in [2.24, 2.45) is 5.92 Å². The number of rotatable bonds is 5. The molecule has 0 bridgehead atoms. The number of benzene rings is 1. The van der Waals surface area contributed by atoms with E-state index in [-0.39, 0.29) is 11.8 Å². The molecular weight excluding hydrogens is 306 g/mol. The van der Waals surface area contributed by atoms with Crippen LogP contribution in [0.5, 0.6) is 11.5 Å². The van der Waals surface area contributed by atoms with Crippen LogP contribution in [0.1, 0.15) is 28.7 Å². The molecule has 2 heterocycles. The van der Waals surface area contributed by atoms with Crippen LogP contribution in [0.25, 0.3) is 0 Å². The van der Waals surface area contributed by atoms with Crippen LogP contribution in [0, 0.1) is 19.8 Å². The highest BCUT2D eigenvalue weighted by atomic mass is 16.6. The molecule has 3 rings (SSSR count). The molecule has 1 aromatic heterocycles. The summed E-state index contributed by atoms with van der Waals surface area (Å²) in [6.45, 7) is 8.55. The van der Waals surface area contributed by atoms with Gasteiger partial charge in [0.2, 0.25) is 0 Å². The predicted octanol–water partition coefficient (Wildman–Crippen LogP) is 2.34. The minimum absolute atomic E-state index is 0.104. The van der Waals surface area contributed by atoms with E-state index < -0.39 is 0 Å². The van der Waals surface area contributed by atoms with Crippen LogP contribution in [0.15, 0.2) is 24.3 Å². The minimum atomic E-state index is -0.104. The maximum Gasteiger partial charge on any atom is 0.251 e. The van der Waals surface area contributed by atoms with Crippen molar-refractivity contribution in [2.75, 3.05) is 19.8 Å². The average Bonchev–Trinajstić information content (AvgIpc) is 2.89. The summed E-state index contributed by atoms with van der Waals surface area (Å²) in [6, 6.07) is 7.33. The van der Waals surface area contributed by atoms with Crippen LogP contribution in [0.3, 0.4) is 0 Å². The lowest BCUT2D eigenvalue weighted by atomic mass is 10.1. The molecule has 24 heavy (non-hydrogen) atoms. The first-order chi connectivity index (χ1) is 11.5. The fourth-order valence-corrected chi connectivity index (χ4v) is 2.77. The van der Waals surface area contributed by atoms with Crippen molar-refractivity contribution in [1.82, 2.24) is 15.1 Å². The minimum Gasteiger partial charge on any atom is -0.486 e. The molecule has 2 aromatic rings. The molecule has 0 aliphatic carbocycles. The summed E-state index contributed by atoms with van der Waals surface area (Å²) in [5.74, 6) is 1.50. The molecule has 0 unspecified atom stereocenters. The molecule has 1 amide bonds. The van der Waals surface area contributed by atoms with Crippen molar-refractivity contribution in [1.29, 1.82) is 0 Å². The number of aromatic nitrogens is 2. The number of amides is 1. The first kappa shape index (κ1) is 16.4. The van der Waals surface area contributed by atoms with Gasteiger partial charge in [-0.05, 0) is 44.0 Å². The van der Waals surface area contributed by atoms with Crippen molar-refractivity contribution < 1.29 is 14.3 Å². The zero-order chi connectivity index (χ0) is 17.1. The third kappa shape index (κ3) is 3.69. The Morgan fingerprint density at radius 2 is 2.00 bits per heavy atom. The number of carbonyl (C=O) groups is 1. The Balaban J connectivity index is 1.56. The zero-order valence-electron chi connectivity index (χ0n) is 14.3. The molecule has 1 atom stereocenters. The highest BCUT2D eigenvalue weighted by Gasteiger charge is 2.15. The van der Waals surface area contributed by atoms with Gasteiger partial charge < -0.3 is 14.8 Å². The molecule has 0 spiro atoms. The zero-order valence-corrected chi connectivity index (χ0v) is 14.3. The van der Waals surface area contributed by atoms with E-state index in [2.05, 4.69) is 23.4 Å². The number of hydrogen-bond donors (Lipinski definition) is 1. The molecular formula is C18H23N3O3. The van der Waals surface area contributed by atoms with E-state index in [0.29, 0.717) is 36.8 Å². The maximum absolute atomic E-state index is 12.3. The normalized spacial score (nSPS) is 14.3. The fraction of sp³-hybridized carbons (Fsp3) is 0.444. The van der Waals surface area contributed by atoms with Crippen LogP contribution in [-0.2, 0) is 6.54 Å². The van der Waals surface area contributed by atoms with Crippen molar-refractivity contribution in [3.63, 3.8) is 0 Å². The number of ether oxygens (including phenoxy) is 2. The number of nitrogens with zero attached hydrogens (tertiary/aromatic N) is 2. The average molecular weight is 329 g/mol. The van der Waals surface area contributed by atoms with Gasteiger partial charge in [-0.1, -0.05) is 6.92 Å². The largest absolute Gasteiger partial charge is 0.486 e. The van der Waals surface area contributed by atoms with E-state index in [9.17, 15) is 4.79 Å². The molecule has 1 N–H and O–H groups in total. The highest BCUT2D eigenvalue weighted by molar-refractivity contribution is 5.94. The Bertz CT molecular complexity index is 739. The predicted molar refractivity (Wildman–Crippen MR) is 90.6 cm³/mol. The number of nitrogens with one attached hydrogen (secondary N) is 1. The second-order valence-electron chi connectivity index (χ2n) is 6.28. The molecule has 0 saturated heterocycles. The molecule has 128 valence electrons. The Hall–Kier alpha value is -2.50. The van der Waals surface area contributed by atoms with Crippen molar-refractivity contribution in [3.05, 3.63) is 41.2 Å². The number of carbonyl (C=O) groups excluding carboxylic acids is 1. The quantitative estimate of drug-likeness (QED) is 0.914. The van der Waals surface area contributed by atoms with Crippen molar-refractivity contribution in [3.8, 4) is 11.5 Å². The van der Waals surface area contributed by atoms with E-state index in [1.807, 2.05) is 18.5 Å². The SMILES string of the molecule is Cc1cc(C)n(C[C@@H](C)CNC(=O)c2ccc3c(c2)OCCO3)n1. The van der Waals surface area contributed by atoms with Crippen molar-refractivity contribution >= 4 is 5.91 Å². The Kier molecular flexibility index (Phi) is 4.74. The van der Waals surface area contributed by atoms with Crippen molar-refractivity contribution in [2.45, 2.75) is 27.3 Å². The number of hydrogen-bond acceptors (Lipinski definition) is 4. The van der Waals surface area contributed by atoms with Crippen LogP contribution < -0.4 is 14.8 Å². The molecule has 6 heteroatoms. The summed E-state index contributed by atoms with van der Waals surface area (Å²) in [5.41, 5.74) is 2.73. The molecule has 6 nitrogen and oxygen atoms in total. The Morgan fingerprint density at radius 3 is 2.71 bits per heavy atom. The lowest BCUT2D eigenvalue weighted by Gasteiger charge is -2.19. The van der Waals surface area contributed by atoms with Gasteiger partial charge in [-0.3, -0.25) is 9.48 Å². The van der Waals surface area contributed by atoms with Crippen LogP contribution in [0.2, 0.25) is 0 Å². The third-order valence-corrected chi connectivity index (χ3v) is 4.00. The van der Waals surface area contributed by atoms with Crippen LogP contribution in [-0.4, -0.2) is 35.4 Å².